The first-order valence-corrected chi connectivity index (χ1v) is 11.5. The second-order valence-electron chi connectivity index (χ2n) is 7.05. The molecule has 0 bridgehead atoms. The minimum absolute atomic E-state index is 0. The quantitative estimate of drug-likeness (QED) is 0.123. The Balaban J connectivity index is 0. The van der Waals surface area contributed by atoms with Crippen LogP contribution in [0.2, 0.25) is 0 Å². The predicted molar refractivity (Wildman–Crippen MR) is 150 cm³/mol. The van der Waals surface area contributed by atoms with Gasteiger partial charge in [-0.2, -0.15) is 66.7 Å². The molecule has 4 aromatic rings. The summed E-state index contributed by atoms with van der Waals surface area (Å²) in [5.41, 5.74) is 2.43. The van der Waals surface area contributed by atoms with Gasteiger partial charge in [-0.05, 0) is 11.6 Å². The van der Waals surface area contributed by atoms with Crippen molar-refractivity contribution in [2.24, 2.45) is 0 Å². The number of hydrogen-bond donors (Lipinski definition) is 2. The fourth-order valence-electron chi connectivity index (χ4n) is 2.70. The number of halogens is 1. The SMILES string of the molecule is OC(=C1C=CC=C1)[c-]1cccc1.OC(Cl)=C1C=CC=C1.[Fe+2].[Fe].[Fe].c1cc[cH-]c1.c1cc[cH-]c1.c1cc[cH-]c1. The molecule has 0 saturated carbocycles. The number of hydrogen-bond acceptors (Lipinski definition) is 2. The molecule has 2 aliphatic rings. The molecule has 0 saturated heterocycles. The molecule has 0 aliphatic heterocycles. The van der Waals surface area contributed by atoms with Crippen molar-refractivity contribution < 1.29 is 61.4 Å². The van der Waals surface area contributed by atoms with Gasteiger partial charge in [-0.3, -0.25) is 0 Å². The zero-order chi connectivity index (χ0) is 25.0. The van der Waals surface area contributed by atoms with Gasteiger partial charge in [-0.15, -0.1) is 12.1 Å². The van der Waals surface area contributed by atoms with Crippen LogP contribution in [0.3, 0.4) is 0 Å². The van der Waals surface area contributed by atoms with Gasteiger partial charge in [0.15, 0.2) is 5.22 Å². The summed E-state index contributed by atoms with van der Waals surface area (Å²) in [4.78, 5) is 0. The zero-order valence-electron chi connectivity index (χ0n) is 20.4. The monoisotopic (exact) mass is 648 g/mol. The Kier molecular flexibility index (Phi) is 24.3. The van der Waals surface area contributed by atoms with Crippen LogP contribution < -0.4 is 0 Å². The molecule has 202 valence electrons. The van der Waals surface area contributed by atoms with E-state index in [1.54, 1.807) is 12.2 Å². The third-order valence-corrected chi connectivity index (χ3v) is 4.66. The van der Waals surface area contributed by atoms with Crippen LogP contribution in [-0.4, -0.2) is 10.2 Å². The van der Waals surface area contributed by atoms with Crippen LogP contribution >= 0.6 is 11.6 Å². The molecular weight excluding hydrogens is 619 g/mol. The molecule has 0 fully saturated rings. The predicted octanol–water partition coefficient (Wildman–Crippen LogP) is 9.13. The third-order valence-electron chi connectivity index (χ3n) is 4.44. The van der Waals surface area contributed by atoms with Gasteiger partial charge < -0.3 is 10.2 Å². The minimum atomic E-state index is -0.144. The van der Waals surface area contributed by atoms with E-state index in [0.717, 1.165) is 11.1 Å². The summed E-state index contributed by atoms with van der Waals surface area (Å²) in [5.74, 6) is 0.352. The standard InChI is InChI=1S/C11H9O.C6H5ClO.3C5H5.3Fe/c12-11(9-5-1-2-6-9)10-7-3-4-8-10;7-6(8)5-3-1-2-4-5;3*1-2-4-5-3-1;;;/h1-8,12H;1-4,8H;3*1-5H;;;/q-1;;3*-1;;;+2. The molecule has 0 aromatic heterocycles. The minimum Gasteiger partial charge on any atom is -0.526 e. The summed E-state index contributed by atoms with van der Waals surface area (Å²) in [6, 6.07) is 37.6. The second kappa shape index (κ2) is 24.6. The maximum Gasteiger partial charge on any atom is 2.00 e. The smallest absolute Gasteiger partial charge is 0.526 e. The van der Waals surface area contributed by atoms with Crippen molar-refractivity contribution in [3.05, 3.63) is 186 Å². The molecule has 6 rings (SSSR count). The summed E-state index contributed by atoms with van der Waals surface area (Å²) >= 11 is 5.22. The summed E-state index contributed by atoms with van der Waals surface area (Å²) in [7, 11) is 0. The molecule has 6 heteroatoms. The van der Waals surface area contributed by atoms with E-state index in [9.17, 15) is 5.11 Å². The van der Waals surface area contributed by atoms with E-state index in [0.29, 0.717) is 11.3 Å². The second-order valence-corrected chi connectivity index (χ2v) is 7.40. The van der Waals surface area contributed by atoms with Crippen molar-refractivity contribution in [1.82, 2.24) is 0 Å². The Morgan fingerprint density at radius 2 is 0.868 bits per heavy atom. The van der Waals surface area contributed by atoms with Crippen LogP contribution in [0.4, 0.5) is 0 Å². The average Bonchev–Trinajstić information content (AvgIpc) is 3.79. The molecule has 2 N–H and O–H groups in total. The molecule has 2 nitrogen and oxygen atoms in total. The van der Waals surface area contributed by atoms with E-state index in [4.69, 9.17) is 16.7 Å². The Morgan fingerprint density at radius 3 is 1.11 bits per heavy atom. The number of allylic oxidation sites excluding steroid dienone is 10. The Bertz CT molecular complexity index is 1050. The third kappa shape index (κ3) is 16.9. The van der Waals surface area contributed by atoms with Crippen molar-refractivity contribution in [2.75, 3.05) is 0 Å². The fourth-order valence-corrected chi connectivity index (χ4v) is 2.83. The number of aliphatic hydroxyl groups is 2. The molecule has 0 spiro atoms. The van der Waals surface area contributed by atoms with Crippen LogP contribution in [0.1, 0.15) is 5.56 Å². The van der Waals surface area contributed by atoms with Gasteiger partial charge >= 0.3 is 17.1 Å². The van der Waals surface area contributed by atoms with Crippen LogP contribution in [-0.2, 0) is 51.2 Å². The maximum absolute atomic E-state index is 9.69. The van der Waals surface area contributed by atoms with Gasteiger partial charge in [-0.1, -0.05) is 59.7 Å². The number of aliphatic hydroxyl groups excluding tert-OH is 2. The van der Waals surface area contributed by atoms with Crippen molar-refractivity contribution in [1.29, 1.82) is 0 Å². The van der Waals surface area contributed by atoms with E-state index < -0.39 is 0 Å². The van der Waals surface area contributed by atoms with Crippen molar-refractivity contribution in [3.8, 4) is 0 Å². The van der Waals surface area contributed by atoms with E-state index in [2.05, 4.69) is 0 Å². The molecule has 0 radical (unpaired) electrons. The van der Waals surface area contributed by atoms with E-state index in [1.165, 1.54) is 0 Å². The summed E-state index contributed by atoms with van der Waals surface area (Å²) in [6.45, 7) is 0. The molecular formula is C32H29ClFe3O2-2. The fraction of sp³-hybridized carbons (Fsp3) is 0. The molecule has 0 amide bonds. The van der Waals surface area contributed by atoms with Gasteiger partial charge in [-0.25, -0.2) is 36.4 Å². The molecule has 38 heavy (non-hydrogen) atoms. The summed E-state index contributed by atoms with van der Waals surface area (Å²) in [5, 5.41) is 18.1. The van der Waals surface area contributed by atoms with E-state index >= 15 is 0 Å². The Hall–Kier alpha value is -2.71. The molecule has 4 aromatic carbocycles. The molecule has 0 heterocycles. The average molecular weight is 649 g/mol. The summed E-state index contributed by atoms with van der Waals surface area (Å²) in [6.07, 6.45) is 14.7. The van der Waals surface area contributed by atoms with Gasteiger partial charge in [0.05, 0.1) is 0 Å². The zero-order valence-corrected chi connectivity index (χ0v) is 24.5. The topological polar surface area (TPSA) is 40.5 Å². The van der Waals surface area contributed by atoms with E-state index in [1.807, 2.05) is 152 Å². The first-order chi connectivity index (χ1) is 17.2. The first kappa shape index (κ1) is 37.4. The van der Waals surface area contributed by atoms with E-state index in [-0.39, 0.29) is 56.4 Å². The largest absolute Gasteiger partial charge is 2.00 e. The van der Waals surface area contributed by atoms with Gasteiger partial charge in [0.2, 0.25) is 0 Å². The van der Waals surface area contributed by atoms with Crippen LogP contribution in [0.5, 0.6) is 0 Å². The Morgan fingerprint density at radius 1 is 0.553 bits per heavy atom. The van der Waals surface area contributed by atoms with Gasteiger partial charge in [0.25, 0.3) is 0 Å². The Labute approximate surface area is 262 Å². The van der Waals surface area contributed by atoms with Gasteiger partial charge in [0, 0.05) is 45.5 Å². The molecule has 0 atom stereocenters. The summed E-state index contributed by atoms with van der Waals surface area (Å²) < 4.78 is 0. The van der Waals surface area contributed by atoms with Crippen molar-refractivity contribution >= 4 is 17.4 Å². The maximum atomic E-state index is 9.69. The van der Waals surface area contributed by atoms with Crippen molar-refractivity contribution in [2.45, 2.75) is 0 Å². The normalized spacial score (nSPS) is 10.9. The molecule has 2 aliphatic carbocycles. The van der Waals surface area contributed by atoms with Crippen molar-refractivity contribution in [3.63, 3.8) is 0 Å². The van der Waals surface area contributed by atoms with Gasteiger partial charge in [0.1, 0.15) is 0 Å². The number of rotatable bonds is 1. The first-order valence-electron chi connectivity index (χ1n) is 11.1. The van der Waals surface area contributed by atoms with Crippen LogP contribution in [0.25, 0.3) is 5.76 Å². The van der Waals surface area contributed by atoms with Crippen LogP contribution in [0, 0.1) is 0 Å². The molecule has 0 unspecified atom stereocenters. The van der Waals surface area contributed by atoms with Crippen LogP contribution in [0.15, 0.2) is 180 Å².